The number of carbonyl (C=O) groups is 2. The number of amides is 1. The van der Waals surface area contributed by atoms with Gasteiger partial charge in [-0.25, -0.2) is 9.18 Å². The molecule has 108 valence electrons. The minimum Gasteiger partial charge on any atom is -0.497 e. The molecule has 0 atom stereocenters. The fourth-order valence-electron chi connectivity index (χ4n) is 1.78. The fourth-order valence-corrected chi connectivity index (χ4v) is 1.78. The molecule has 2 aromatic carbocycles. The Morgan fingerprint density at radius 2 is 1.81 bits per heavy atom. The molecule has 0 saturated heterocycles. The van der Waals surface area contributed by atoms with E-state index < -0.39 is 23.3 Å². The van der Waals surface area contributed by atoms with Crippen molar-refractivity contribution in [2.75, 3.05) is 12.4 Å². The zero-order chi connectivity index (χ0) is 15.4. The highest BCUT2D eigenvalue weighted by Crippen LogP contribution is 2.20. The van der Waals surface area contributed by atoms with Gasteiger partial charge in [0, 0.05) is 5.56 Å². The zero-order valence-corrected chi connectivity index (χ0v) is 11.1. The minimum absolute atomic E-state index is 0.0941. The summed E-state index contributed by atoms with van der Waals surface area (Å²) in [7, 11) is 1.50. The molecule has 0 heterocycles. The molecule has 0 bridgehead atoms. The van der Waals surface area contributed by atoms with Crippen LogP contribution in [-0.4, -0.2) is 24.1 Å². The van der Waals surface area contributed by atoms with E-state index >= 15 is 0 Å². The molecule has 6 heteroatoms. The number of carboxylic acid groups (broad SMARTS) is 1. The van der Waals surface area contributed by atoms with E-state index in [1.165, 1.54) is 31.4 Å². The van der Waals surface area contributed by atoms with E-state index in [9.17, 15) is 14.0 Å². The molecule has 0 saturated carbocycles. The summed E-state index contributed by atoms with van der Waals surface area (Å²) in [4.78, 5) is 23.1. The molecule has 21 heavy (non-hydrogen) atoms. The first-order valence-electron chi connectivity index (χ1n) is 6.00. The van der Waals surface area contributed by atoms with Crippen LogP contribution in [0.3, 0.4) is 0 Å². The Bertz CT molecular complexity index is 683. The lowest BCUT2D eigenvalue weighted by molar-refractivity contribution is 0.0693. The maximum Gasteiger partial charge on any atom is 0.340 e. The number of halogens is 1. The van der Waals surface area contributed by atoms with Crippen molar-refractivity contribution in [3.05, 3.63) is 59.4 Å². The van der Waals surface area contributed by atoms with Gasteiger partial charge in [-0.15, -0.1) is 0 Å². The van der Waals surface area contributed by atoms with Gasteiger partial charge in [0.25, 0.3) is 5.91 Å². The lowest BCUT2D eigenvalue weighted by atomic mass is 10.1. The van der Waals surface area contributed by atoms with E-state index in [-0.39, 0.29) is 5.69 Å². The third-order valence-corrected chi connectivity index (χ3v) is 2.83. The largest absolute Gasteiger partial charge is 0.497 e. The van der Waals surface area contributed by atoms with Gasteiger partial charge in [-0.2, -0.15) is 0 Å². The second kappa shape index (κ2) is 6.04. The molecule has 5 nitrogen and oxygen atoms in total. The molecular formula is C15H12FNO4. The highest BCUT2D eigenvalue weighted by Gasteiger charge is 2.17. The van der Waals surface area contributed by atoms with Gasteiger partial charge in [-0.1, -0.05) is 6.07 Å². The summed E-state index contributed by atoms with van der Waals surface area (Å²) in [6.45, 7) is 0. The van der Waals surface area contributed by atoms with E-state index in [1.54, 1.807) is 12.1 Å². The number of hydrogen-bond acceptors (Lipinski definition) is 3. The first kappa shape index (κ1) is 14.5. The van der Waals surface area contributed by atoms with Gasteiger partial charge in [0.05, 0.1) is 12.8 Å². The second-order valence-electron chi connectivity index (χ2n) is 4.15. The monoisotopic (exact) mass is 289 g/mol. The number of ether oxygens (including phenoxy) is 1. The van der Waals surface area contributed by atoms with E-state index in [0.29, 0.717) is 11.3 Å². The van der Waals surface area contributed by atoms with Crippen LogP contribution in [0.5, 0.6) is 5.75 Å². The standard InChI is InChI=1S/C15H12FNO4/c1-21-10-7-5-9(6-8-10)14(18)17-12-4-2-3-11(16)13(12)15(19)20/h2-8H,1H3,(H,17,18)(H,19,20). The quantitative estimate of drug-likeness (QED) is 0.907. The van der Waals surface area contributed by atoms with Crippen molar-refractivity contribution in [3.63, 3.8) is 0 Å². The summed E-state index contributed by atoms with van der Waals surface area (Å²) in [5.41, 5.74) is -0.362. The molecular weight excluding hydrogens is 277 g/mol. The van der Waals surface area contributed by atoms with Crippen LogP contribution < -0.4 is 10.1 Å². The molecule has 0 spiro atoms. The normalized spacial score (nSPS) is 10.0. The van der Waals surface area contributed by atoms with Crippen LogP contribution in [0.15, 0.2) is 42.5 Å². The molecule has 0 aliphatic carbocycles. The van der Waals surface area contributed by atoms with Crippen molar-refractivity contribution in [3.8, 4) is 5.75 Å². The summed E-state index contributed by atoms with van der Waals surface area (Å²) in [5.74, 6) is -2.30. The summed E-state index contributed by atoms with van der Waals surface area (Å²) >= 11 is 0. The number of methoxy groups -OCH3 is 1. The number of hydrogen-bond donors (Lipinski definition) is 2. The predicted octanol–water partition coefficient (Wildman–Crippen LogP) is 2.78. The Hall–Kier alpha value is -2.89. The van der Waals surface area contributed by atoms with E-state index in [1.807, 2.05) is 0 Å². The van der Waals surface area contributed by atoms with E-state index in [4.69, 9.17) is 9.84 Å². The maximum absolute atomic E-state index is 13.5. The van der Waals surface area contributed by atoms with Crippen LogP contribution in [0.2, 0.25) is 0 Å². The van der Waals surface area contributed by atoms with Gasteiger partial charge in [0.1, 0.15) is 17.1 Å². The van der Waals surface area contributed by atoms with Crippen LogP contribution in [0.1, 0.15) is 20.7 Å². The number of carbonyl (C=O) groups excluding carboxylic acids is 1. The van der Waals surface area contributed by atoms with Gasteiger partial charge in [0.2, 0.25) is 0 Å². The molecule has 2 aromatic rings. The Kier molecular flexibility index (Phi) is 4.18. The number of nitrogens with one attached hydrogen (secondary N) is 1. The highest BCUT2D eigenvalue weighted by molar-refractivity contribution is 6.07. The number of carboxylic acids is 1. The van der Waals surface area contributed by atoms with Crippen LogP contribution in [-0.2, 0) is 0 Å². The summed E-state index contributed by atoms with van der Waals surface area (Å²) in [6.07, 6.45) is 0. The number of benzene rings is 2. The van der Waals surface area contributed by atoms with E-state index in [2.05, 4.69) is 5.32 Å². The lowest BCUT2D eigenvalue weighted by Gasteiger charge is -2.09. The van der Waals surface area contributed by atoms with Crippen LogP contribution in [0, 0.1) is 5.82 Å². The zero-order valence-electron chi connectivity index (χ0n) is 11.1. The molecule has 2 N–H and O–H groups in total. The number of aromatic carboxylic acids is 1. The molecule has 0 unspecified atom stereocenters. The first-order chi connectivity index (χ1) is 10.0. The number of anilines is 1. The summed E-state index contributed by atoms with van der Waals surface area (Å²) in [5, 5.41) is 11.4. The Morgan fingerprint density at radius 1 is 1.14 bits per heavy atom. The summed E-state index contributed by atoms with van der Waals surface area (Å²) in [6, 6.07) is 9.91. The highest BCUT2D eigenvalue weighted by atomic mass is 19.1. The van der Waals surface area contributed by atoms with Gasteiger partial charge in [0.15, 0.2) is 0 Å². The van der Waals surface area contributed by atoms with Gasteiger partial charge in [-0.3, -0.25) is 4.79 Å². The Morgan fingerprint density at radius 3 is 2.38 bits per heavy atom. The van der Waals surface area contributed by atoms with Gasteiger partial charge in [-0.05, 0) is 36.4 Å². The Balaban J connectivity index is 2.27. The third-order valence-electron chi connectivity index (χ3n) is 2.83. The van der Waals surface area contributed by atoms with Crippen molar-refractivity contribution in [2.24, 2.45) is 0 Å². The number of rotatable bonds is 4. The SMILES string of the molecule is COc1ccc(C(=O)Nc2cccc(F)c2C(=O)O)cc1. The van der Waals surface area contributed by atoms with Crippen LogP contribution in [0.4, 0.5) is 10.1 Å². The molecule has 1 amide bonds. The molecule has 0 fully saturated rings. The van der Waals surface area contributed by atoms with Crippen molar-refractivity contribution in [1.82, 2.24) is 0 Å². The van der Waals surface area contributed by atoms with Crippen LogP contribution in [0.25, 0.3) is 0 Å². The molecule has 2 rings (SSSR count). The second-order valence-corrected chi connectivity index (χ2v) is 4.15. The van der Waals surface area contributed by atoms with Crippen LogP contribution >= 0.6 is 0 Å². The molecule has 0 aliphatic rings. The van der Waals surface area contributed by atoms with Crippen molar-refractivity contribution < 1.29 is 23.8 Å². The fraction of sp³-hybridized carbons (Fsp3) is 0.0667. The van der Waals surface area contributed by atoms with E-state index in [0.717, 1.165) is 6.07 Å². The average molecular weight is 289 g/mol. The third kappa shape index (κ3) is 3.17. The molecule has 0 aliphatic heterocycles. The summed E-state index contributed by atoms with van der Waals surface area (Å²) < 4.78 is 18.5. The Labute approximate surface area is 120 Å². The van der Waals surface area contributed by atoms with Gasteiger partial charge >= 0.3 is 5.97 Å². The van der Waals surface area contributed by atoms with Gasteiger partial charge < -0.3 is 15.2 Å². The smallest absolute Gasteiger partial charge is 0.340 e. The maximum atomic E-state index is 13.5. The predicted molar refractivity (Wildman–Crippen MR) is 74.3 cm³/mol. The lowest BCUT2D eigenvalue weighted by Crippen LogP contribution is -2.15. The first-order valence-corrected chi connectivity index (χ1v) is 6.00. The van der Waals surface area contributed by atoms with Crippen molar-refractivity contribution in [2.45, 2.75) is 0 Å². The topological polar surface area (TPSA) is 75.6 Å². The van der Waals surface area contributed by atoms with Crippen molar-refractivity contribution in [1.29, 1.82) is 0 Å². The minimum atomic E-state index is -1.45. The molecule has 0 radical (unpaired) electrons. The molecule has 0 aromatic heterocycles. The average Bonchev–Trinajstić information content (AvgIpc) is 2.47. The van der Waals surface area contributed by atoms with Crippen molar-refractivity contribution >= 4 is 17.6 Å².